The third-order valence-electron chi connectivity index (χ3n) is 7.54. The minimum atomic E-state index is -0.421. The summed E-state index contributed by atoms with van der Waals surface area (Å²) in [5, 5.41) is 13.7. The molecule has 2 heterocycles. The maximum Gasteiger partial charge on any atom is 0.0845 e. The van der Waals surface area contributed by atoms with Crippen LogP contribution >= 0.6 is 0 Å². The van der Waals surface area contributed by atoms with Gasteiger partial charge in [0.1, 0.15) is 0 Å². The van der Waals surface area contributed by atoms with Gasteiger partial charge in [0.25, 0.3) is 0 Å². The van der Waals surface area contributed by atoms with Crippen molar-refractivity contribution in [1.82, 2.24) is 14.4 Å². The molecule has 4 aromatic carbocycles. The summed E-state index contributed by atoms with van der Waals surface area (Å²) in [5.41, 5.74) is 5.05. The molecule has 1 aliphatic rings. The monoisotopic (exact) mass is 475 g/mol. The van der Waals surface area contributed by atoms with Crippen LogP contribution in [-0.2, 0) is 6.54 Å². The Kier molecular flexibility index (Phi) is 6.56. The fourth-order valence-corrected chi connectivity index (χ4v) is 5.86. The van der Waals surface area contributed by atoms with Crippen molar-refractivity contribution < 1.29 is 5.11 Å². The molecule has 4 heteroatoms. The molecule has 1 aliphatic heterocycles. The van der Waals surface area contributed by atoms with E-state index in [1.807, 2.05) is 0 Å². The Morgan fingerprint density at radius 1 is 0.556 bits per heavy atom. The minimum absolute atomic E-state index is 0.261. The number of nitrogens with zero attached hydrogens (tertiary/aromatic N) is 3. The van der Waals surface area contributed by atoms with Gasteiger partial charge in [-0.25, -0.2) is 0 Å². The van der Waals surface area contributed by atoms with Gasteiger partial charge in [0, 0.05) is 54.5 Å². The summed E-state index contributed by atoms with van der Waals surface area (Å²) in [5.74, 6) is 0. The topological polar surface area (TPSA) is 31.6 Å². The molecule has 0 amide bonds. The van der Waals surface area contributed by atoms with Crippen LogP contribution in [0.5, 0.6) is 0 Å². The summed E-state index contributed by atoms with van der Waals surface area (Å²) in [6.45, 7) is 5.18. The largest absolute Gasteiger partial charge is 0.390 e. The van der Waals surface area contributed by atoms with E-state index in [1.54, 1.807) is 0 Å². The van der Waals surface area contributed by atoms with Crippen LogP contribution in [0, 0.1) is 0 Å². The molecular formula is C32H33N3O. The molecule has 36 heavy (non-hydrogen) atoms. The highest BCUT2D eigenvalue weighted by molar-refractivity contribution is 6.07. The van der Waals surface area contributed by atoms with E-state index in [2.05, 4.69) is 124 Å². The van der Waals surface area contributed by atoms with Gasteiger partial charge in [-0.3, -0.25) is 9.80 Å². The highest BCUT2D eigenvalue weighted by atomic mass is 16.3. The molecular weight excluding hydrogens is 442 g/mol. The van der Waals surface area contributed by atoms with E-state index in [-0.39, 0.29) is 6.04 Å². The first-order chi connectivity index (χ1) is 17.8. The number of β-amino-alcohol motifs (C(OH)–C–C–N with tert-alkyl or cyclic N) is 1. The zero-order valence-electron chi connectivity index (χ0n) is 20.6. The van der Waals surface area contributed by atoms with E-state index < -0.39 is 6.10 Å². The van der Waals surface area contributed by atoms with E-state index in [9.17, 15) is 5.11 Å². The molecule has 5 aromatic rings. The lowest BCUT2D eigenvalue weighted by molar-refractivity contribution is 0.0565. The third kappa shape index (κ3) is 4.56. The van der Waals surface area contributed by atoms with Gasteiger partial charge < -0.3 is 9.67 Å². The second-order valence-electron chi connectivity index (χ2n) is 9.86. The van der Waals surface area contributed by atoms with Gasteiger partial charge in [-0.2, -0.15) is 0 Å². The van der Waals surface area contributed by atoms with Crippen molar-refractivity contribution in [2.75, 3.05) is 32.7 Å². The fraction of sp³-hybridized carbons (Fsp3) is 0.250. The van der Waals surface area contributed by atoms with Gasteiger partial charge >= 0.3 is 0 Å². The van der Waals surface area contributed by atoms with Crippen molar-refractivity contribution in [2.45, 2.75) is 18.7 Å². The lowest BCUT2D eigenvalue weighted by Crippen LogP contribution is -2.50. The Balaban J connectivity index is 1.14. The van der Waals surface area contributed by atoms with Crippen molar-refractivity contribution in [2.24, 2.45) is 0 Å². The highest BCUT2D eigenvalue weighted by Gasteiger charge is 2.27. The zero-order valence-corrected chi connectivity index (χ0v) is 20.6. The number of aliphatic hydroxyl groups is 1. The number of hydrogen-bond acceptors (Lipinski definition) is 3. The lowest BCUT2D eigenvalue weighted by Gasteiger charge is -2.40. The summed E-state index contributed by atoms with van der Waals surface area (Å²) in [7, 11) is 0. The van der Waals surface area contributed by atoms with Crippen LogP contribution in [0.25, 0.3) is 21.8 Å². The molecule has 0 aliphatic carbocycles. The van der Waals surface area contributed by atoms with Gasteiger partial charge in [-0.1, -0.05) is 97.1 Å². The lowest BCUT2D eigenvalue weighted by atomic mass is 9.96. The Morgan fingerprint density at radius 2 is 1.03 bits per heavy atom. The van der Waals surface area contributed by atoms with E-state index in [0.717, 1.165) is 26.2 Å². The maximum absolute atomic E-state index is 11.1. The molecule has 1 atom stereocenters. The van der Waals surface area contributed by atoms with Gasteiger partial charge in [0.05, 0.1) is 18.7 Å². The number of aliphatic hydroxyl groups excluding tert-OH is 1. The Hall–Kier alpha value is -3.44. The number of hydrogen-bond donors (Lipinski definition) is 1. The van der Waals surface area contributed by atoms with Gasteiger partial charge in [0.2, 0.25) is 0 Å². The van der Waals surface area contributed by atoms with Crippen LogP contribution in [0.1, 0.15) is 17.2 Å². The second kappa shape index (κ2) is 10.3. The maximum atomic E-state index is 11.1. The average Bonchev–Trinajstić information content (AvgIpc) is 3.25. The predicted molar refractivity (Wildman–Crippen MR) is 148 cm³/mol. The second-order valence-corrected chi connectivity index (χ2v) is 9.86. The third-order valence-corrected chi connectivity index (χ3v) is 7.54. The Morgan fingerprint density at radius 3 is 1.56 bits per heavy atom. The number of aromatic nitrogens is 1. The molecule has 1 saturated heterocycles. The normalized spacial score (nSPS) is 16.2. The molecule has 4 nitrogen and oxygen atoms in total. The molecule has 0 radical (unpaired) electrons. The van der Waals surface area contributed by atoms with Crippen molar-refractivity contribution in [1.29, 1.82) is 0 Å². The Bertz CT molecular complexity index is 1330. The van der Waals surface area contributed by atoms with Gasteiger partial charge in [-0.15, -0.1) is 0 Å². The molecule has 182 valence electrons. The average molecular weight is 476 g/mol. The Labute approximate surface area is 213 Å². The van der Waals surface area contributed by atoms with Crippen molar-refractivity contribution in [3.63, 3.8) is 0 Å². The molecule has 0 saturated carbocycles. The molecule has 1 N–H and O–H groups in total. The van der Waals surface area contributed by atoms with E-state index in [1.165, 1.54) is 32.9 Å². The summed E-state index contributed by atoms with van der Waals surface area (Å²) < 4.78 is 2.28. The van der Waals surface area contributed by atoms with Crippen LogP contribution in [0.4, 0.5) is 0 Å². The first-order valence-electron chi connectivity index (χ1n) is 13.0. The number of fused-ring (bicyclic) bond motifs is 3. The standard InChI is InChI=1S/C32H33N3O/c36-27(24-35-30-17-9-7-15-28(30)29-16-8-10-18-31(29)35)23-33-19-21-34(22-20-33)32(25-11-3-1-4-12-25)26-13-5-2-6-14-26/h1-18,27,32,36H,19-24H2/t27-/m0/s1. The number of piperazine rings is 1. The molecule has 1 fully saturated rings. The van der Waals surface area contributed by atoms with E-state index in [0.29, 0.717) is 13.1 Å². The molecule has 0 bridgehead atoms. The fourth-order valence-electron chi connectivity index (χ4n) is 5.86. The summed E-state index contributed by atoms with van der Waals surface area (Å²) >= 11 is 0. The van der Waals surface area contributed by atoms with E-state index >= 15 is 0 Å². The van der Waals surface area contributed by atoms with E-state index in [4.69, 9.17) is 0 Å². The molecule has 0 unspecified atom stereocenters. The van der Waals surface area contributed by atoms with Crippen LogP contribution in [0.15, 0.2) is 109 Å². The van der Waals surface area contributed by atoms with Crippen molar-refractivity contribution in [3.05, 3.63) is 120 Å². The summed E-state index contributed by atoms with van der Waals surface area (Å²) in [6, 6.07) is 38.9. The number of rotatable bonds is 7. The molecule has 6 rings (SSSR count). The smallest absolute Gasteiger partial charge is 0.0845 e. The molecule has 1 aromatic heterocycles. The summed E-state index contributed by atoms with van der Waals surface area (Å²) in [4.78, 5) is 5.00. The van der Waals surface area contributed by atoms with Gasteiger partial charge in [-0.05, 0) is 23.3 Å². The zero-order chi connectivity index (χ0) is 24.3. The minimum Gasteiger partial charge on any atom is -0.390 e. The van der Waals surface area contributed by atoms with Crippen LogP contribution in [0.2, 0.25) is 0 Å². The van der Waals surface area contributed by atoms with Crippen molar-refractivity contribution in [3.8, 4) is 0 Å². The summed E-state index contributed by atoms with van der Waals surface area (Å²) in [6.07, 6.45) is -0.421. The predicted octanol–water partition coefficient (Wildman–Crippen LogP) is 5.56. The van der Waals surface area contributed by atoms with Crippen LogP contribution in [-0.4, -0.2) is 58.3 Å². The van der Waals surface area contributed by atoms with Gasteiger partial charge in [0.15, 0.2) is 0 Å². The van der Waals surface area contributed by atoms with Crippen LogP contribution in [0.3, 0.4) is 0 Å². The molecule has 0 spiro atoms. The first-order valence-corrected chi connectivity index (χ1v) is 13.0. The highest BCUT2D eigenvalue weighted by Crippen LogP contribution is 2.30. The SMILES string of the molecule is O[C@@H](CN1CCN(C(c2ccccc2)c2ccccc2)CC1)Cn1c2ccccc2c2ccccc21. The quantitative estimate of drug-likeness (QED) is 0.334. The van der Waals surface area contributed by atoms with Crippen molar-refractivity contribution >= 4 is 21.8 Å². The van der Waals surface area contributed by atoms with Crippen LogP contribution < -0.4 is 0 Å². The number of benzene rings is 4. The first kappa shape index (κ1) is 23.0. The number of para-hydroxylation sites is 2.